The van der Waals surface area contributed by atoms with Crippen molar-refractivity contribution in [1.29, 1.82) is 0 Å². The molecule has 0 heterocycles. The summed E-state index contributed by atoms with van der Waals surface area (Å²) >= 11 is 0. The first-order valence-electron chi connectivity index (χ1n) is 9.36. The minimum absolute atomic E-state index is 0.0943. The first kappa shape index (κ1) is 20.6. The molecule has 1 aromatic rings. The lowest BCUT2D eigenvalue weighted by Gasteiger charge is -2.36. The highest BCUT2D eigenvalue weighted by Gasteiger charge is 2.33. The van der Waals surface area contributed by atoms with Crippen LogP contribution in [0.25, 0.3) is 6.08 Å². The molecule has 0 aromatic heterocycles. The van der Waals surface area contributed by atoms with E-state index in [4.69, 9.17) is 4.74 Å². The summed E-state index contributed by atoms with van der Waals surface area (Å²) in [7, 11) is 1.79. The molecule has 1 rings (SSSR count). The van der Waals surface area contributed by atoms with Gasteiger partial charge < -0.3 is 4.74 Å². The summed E-state index contributed by atoms with van der Waals surface area (Å²) in [5, 5.41) is 0. The molecule has 0 amide bonds. The summed E-state index contributed by atoms with van der Waals surface area (Å²) < 4.78 is 5.95. The molecule has 0 spiro atoms. The van der Waals surface area contributed by atoms with E-state index in [0.29, 0.717) is 0 Å². The van der Waals surface area contributed by atoms with Crippen molar-refractivity contribution >= 4 is 6.08 Å². The van der Waals surface area contributed by atoms with Gasteiger partial charge in [0, 0.05) is 11.1 Å². The largest absolute Gasteiger partial charge is 0.496 e. The average Bonchev–Trinajstić information content (AvgIpc) is 2.56. The SMILES string of the molecule is C=C=Cc1c(CC)c(C(C)(C)C)cc(C(CC)(CC)CC)c1OC. The molecule has 1 heteroatoms. The van der Waals surface area contributed by atoms with Crippen molar-refractivity contribution in [2.45, 2.75) is 85.0 Å². The quantitative estimate of drug-likeness (QED) is 0.499. The van der Waals surface area contributed by atoms with E-state index in [0.717, 1.165) is 37.0 Å². The summed E-state index contributed by atoms with van der Waals surface area (Å²) in [6, 6.07) is 2.43. The zero-order valence-electron chi connectivity index (χ0n) is 17.1. The minimum Gasteiger partial charge on any atom is -0.496 e. The smallest absolute Gasteiger partial charge is 0.130 e. The molecule has 0 saturated heterocycles. The molecule has 0 aliphatic rings. The van der Waals surface area contributed by atoms with Crippen LogP contribution in [0.15, 0.2) is 18.4 Å². The van der Waals surface area contributed by atoms with Crippen LogP contribution in [0.2, 0.25) is 0 Å². The van der Waals surface area contributed by atoms with Crippen LogP contribution in [0.3, 0.4) is 0 Å². The van der Waals surface area contributed by atoms with Gasteiger partial charge in [0.15, 0.2) is 0 Å². The maximum Gasteiger partial charge on any atom is 0.130 e. The Morgan fingerprint density at radius 2 is 1.58 bits per heavy atom. The summed E-state index contributed by atoms with van der Waals surface area (Å²) in [5.41, 5.74) is 8.53. The zero-order valence-corrected chi connectivity index (χ0v) is 17.1. The molecule has 0 fully saturated rings. The van der Waals surface area contributed by atoms with Gasteiger partial charge in [-0.2, -0.15) is 0 Å². The van der Waals surface area contributed by atoms with Gasteiger partial charge in [-0.1, -0.05) is 61.1 Å². The summed E-state index contributed by atoms with van der Waals surface area (Å²) in [4.78, 5) is 0. The zero-order chi connectivity index (χ0) is 18.5. The maximum absolute atomic E-state index is 5.95. The third kappa shape index (κ3) is 3.62. The number of ether oxygens (including phenoxy) is 1. The molecule has 1 nitrogen and oxygen atoms in total. The van der Waals surface area contributed by atoms with E-state index < -0.39 is 0 Å². The monoisotopic (exact) mass is 328 g/mol. The van der Waals surface area contributed by atoms with E-state index in [9.17, 15) is 0 Å². The summed E-state index contributed by atoms with van der Waals surface area (Å²) in [6.07, 6.45) is 6.32. The normalized spacial score (nSPS) is 12.0. The van der Waals surface area contributed by atoms with Crippen molar-refractivity contribution in [2.75, 3.05) is 7.11 Å². The summed E-state index contributed by atoms with van der Waals surface area (Å²) in [5.74, 6) is 1.02. The van der Waals surface area contributed by atoms with Crippen molar-refractivity contribution in [1.82, 2.24) is 0 Å². The van der Waals surface area contributed by atoms with Gasteiger partial charge in [-0.15, -0.1) is 5.73 Å². The van der Waals surface area contributed by atoms with Gasteiger partial charge in [0.2, 0.25) is 0 Å². The third-order valence-corrected chi connectivity index (χ3v) is 5.64. The van der Waals surface area contributed by atoms with Crippen molar-refractivity contribution in [3.8, 4) is 5.75 Å². The fourth-order valence-electron chi connectivity index (χ4n) is 3.96. The molecule has 0 radical (unpaired) electrons. The van der Waals surface area contributed by atoms with Crippen LogP contribution >= 0.6 is 0 Å². The highest BCUT2D eigenvalue weighted by molar-refractivity contribution is 5.67. The van der Waals surface area contributed by atoms with Gasteiger partial charge in [0.1, 0.15) is 5.75 Å². The molecule has 0 bridgehead atoms. The van der Waals surface area contributed by atoms with Crippen LogP contribution in [-0.4, -0.2) is 7.11 Å². The van der Waals surface area contributed by atoms with Crippen LogP contribution in [0.5, 0.6) is 5.75 Å². The molecule has 24 heavy (non-hydrogen) atoms. The fourth-order valence-corrected chi connectivity index (χ4v) is 3.96. The average molecular weight is 329 g/mol. The van der Waals surface area contributed by atoms with Crippen LogP contribution in [0.4, 0.5) is 0 Å². The van der Waals surface area contributed by atoms with Crippen molar-refractivity contribution < 1.29 is 4.74 Å². The Hall–Kier alpha value is -1.46. The van der Waals surface area contributed by atoms with Gasteiger partial charge in [-0.05, 0) is 53.7 Å². The highest BCUT2D eigenvalue weighted by Crippen LogP contribution is 2.46. The predicted molar refractivity (Wildman–Crippen MR) is 107 cm³/mol. The number of hydrogen-bond donors (Lipinski definition) is 0. The predicted octanol–water partition coefficient (Wildman–Crippen LogP) is 6.82. The Morgan fingerprint density at radius 3 is 1.92 bits per heavy atom. The second kappa shape index (κ2) is 8.08. The molecule has 0 aliphatic heterocycles. The van der Waals surface area contributed by atoms with Crippen molar-refractivity contribution in [2.24, 2.45) is 0 Å². The van der Waals surface area contributed by atoms with E-state index in [1.807, 2.05) is 6.08 Å². The van der Waals surface area contributed by atoms with E-state index >= 15 is 0 Å². The number of methoxy groups -OCH3 is 1. The first-order valence-corrected chi connectivity index (χ1v) is 9.36. The Labute approximate surface area is 149 Å². The van der Waals surface area contributed by atoms with Gasteiger partial charge in [-0.3, -0.25) is 0 Å². The lowest BCUT2D eigenvalue weighted by atomic mass is 9.69. The maximum atomic E-state index is 5.95. The molecule has 0 aliphatic carbocycles. The van der Waals surface area contributed by atoms with Crippen molar-refractivity contribution in [3.63, 3.8) is 0 Å². The Kier molecular flexibility index (Phi) is 6.93. The molecule has 134 valence electrons. The lowest BCUT2D eigenvalue weighted by molar-refractivity contribution is 0.344. The van der Waals surface area contributed by atoms with E-state index in [2.05, 4.69) is 66.8 Å². The second-order valence-electron chi connectivity index (χ2n) is 7.69. The minimum atomic E-state index is 0.0943. The van der Waals surface area contributed by atoms with Crippen LogP contribution in [0, 0.1) is 0 Å². The summed E-state index contributed by atoms with van der Waals surface area (Å²) in [6.45, 7) is 19.8. The molecular weight excluding hydrogens is 292 g/mol. The van der Waals surface area contributed by atoms with Gasteiger partial charge in [0.05, 0.1) is 7.11 Å². The van der Waals surface area contributed by atoms with E-state index in [1.54, 1.807) is 7.11 Å². The fraction of sp³-hybridized carbons (Fsp3) is 0.609. The van der Waals surface area contributed by atoms with E-state index in [-0.39, 0.29) is 10.8 Å². The van der Waals surface area contributed by atoms with Crippen LogP contribution < -0.4 is 4.74 Å². The van der Waals surface area contributed by atoms with Gasteiger partial charge in [0.25, 0.3) is 0 Å². The molecule has 0 saturated carbocycles. The second-order valence-corrected chi connectivity index (χ2v) is 7.69. The van der Waals surface area contributed by atoms with Gasteiger partial charge >= 0.3 is 0 Å². The molecular formula is C23H36O. The Bertz CT molecular complexity index is 598. The number of benzene rings is 1. The first-order chi connectivity index (χ1) is 11.3. The Balaban J connectivity index is 4.03. The third-order valence-electron chi connectivity index (χ3n) is 5.64. The van der Waals surface area contributed by atoms with Crippen molar-refractivity contribution in [3.05, 3.63) is 40.6 Å². The van der Waals surface area contributed by atoms with Gasteiger partial charge in [-0.25, -0.2) is 0 Å². The highest BCUT2D eigenvalue weighted by atomic mass is 16.5. The molecule has 0 atom stereocenters. The number of hydrogen-bond acceptors (Lipinski definition) is 1. The van der Waals surface area contributed by atoms with Crippen LogP contribution in [0.1, 0.15) is 90.0 Å². The standard InChI is InChI=1S/C23H36O/c1-10-15-18-17(11-2)19(22(6,7)8)16-20(21(18)24-9)23(12-3,13-4)14-5/h15-16H,1,11-14H2,2-9H3. The lowest BCUT2D eigenvalue weighted by Crippen LogP contribution is -2.27. The molecule has 0 N–H and O–H groups in total. The Morgan fingerprint density at radius 1 is 1.04 bits per heavy atom. The van der Waals surface area contributed by atoms with E-state index in [1.165, 1.54) is 16.7 Å². The number of rotatable bonds is 7. The van der Waals surface area contributed by atoms with Crippen LogP contribution in [-0.2, 0) is 17.3 Å². The topological polar surface area (TPSA) is 9.23 Å². The molecule has 1 aromatic carbocycles. The molecule has 0 unspecified atom stereocenters.